The fraction of sp³-hybridized carbons (Fsp3) is 0.286. The van der Waals surface area contributed by atoms with Crippen LogP contribution < -0.4 is 5.32 Å². The summed E-state index contributed by atoms with van der Waals surface area (Å²) < 4.78 is 4.86. The second-order valence-corrected chi connectivity index (χ2v) is 5.38. The minimum Gasteiger partial charge on any atom is -0.479 e. The van der Waals surface area contributed by atoms with Crippen molar-refractivity contribution in [2.24, 2.45) is 0 Å². The van der Waals surface area contributed by atoms with Gasteiger partial charge in [0.25, 0.3) is 5.91 Å². The van der Waals surface area contributed by atoms with Gasteiger partial charge < -0.3 is 20.1 Å². The lowest BCUT2D eigenvalue weighted by Gasteiger charge is -2.24. The Hall–Kier alpha value is -2.05. The van der Waals surface area contributed by atoms with Crippen molar-refractivity contribution in [2.75, 3.05) is 13.7 Å². The fourth-order valence-electron chi connectivity index (χ4n) is 1.98. The van der Waals surface area contributed by atoms with Crippen LogP contribution in [0.5, 0.6) is 0 Å². The number of carbonyl (C=O) groups is 2. The van der Waals surface area contributed by atoms with Crippen LogP contribution in [0.25, 0.3) is 10.9 Å². The van der Waals surface area contributed by atoms with Crippen molar-refractivity contribution in [3.8, 4) is 0 Å². The molecule has 1 atom stereocenters. The highest BCUT2D eigenvalue weighted by Crippen LogP contribution is 2.20. The third kappa shape index (κ3) is 3.17. The van der Waals surface area contributed by atoms with Gasteiger partial charge in [0.1, 0.15) is 5.69 Å². The van der Waals surface area contributed by atoms with E-state index in [9.17, 15) is 14.7 Å². The summed E-state index contributed by atoms with van der Waals surface area (Å²) in [4.78, 5) is 26.4. The number of aromatic amines is 1. The summed E-state index contributed by atoms with van der Waals surface area (Å²) >= 11 is 5.88. The first-order chi connectivity index (χ1) is 9.85. The Kier molecular flexibility index (Phi) is 4.20. The molecule has 21 heavy (non-hydrogen) atoms. The standard InChI is InChI=1S/C14H15ClN2O4/c1-14(7-21-2,13(19)20)17-12(18)11-5-8-3-4-9(15)6-10(8)16-11/h3-6,16H,7H2,1-2H3,(H,17,18)(H,19,20). The zero-order valence-corrected chi connectivity index (χ0v) is 12.3. The average molecular weight is 311 g/mol. The largest absolute Gasteiger partial charge is 0.479 e. The molecule has 0 aliphatic carbocycles. The molecule has 112 valence electrons. The molecule has 1 aromatic carbocycles. The number of carboxylic acid groups (broad SMARTS) is 1. The molecule has 3 N–H and O–H groups in total. The van der Waals surface area contributed by atoms with E-state index in [4.69, 9.17) is 16.3 Å². The van der Waals surface area contributed by atoms with E-state index in [1.807, 2.05) is 0 Å². The van der Waals surface area contributed by atoms with Crippen LogP contribution >= 0.6 is 11.6 Å². The lowest BCUT2D eigenvalue weighted by molar-refractivity contribution is -0.145. The molecule has 1 unspecified atom stereocenters. The van der Waals surface area contributed by atoms with Crippen LogP contribution in [0, 0.1) is 0 Å². The van der Waals surface area contributed by atoms with Crippen molar-refractivity contribution in [1.82, 2.24) is 10.3 Å². The van der Waals surface area contributed by atoms with E-state index in [0.29, 0.717) is 10.5 Å². The van der Waals surface area contributed by atoms with Gasteiger partial charge in [-0.05, 0) is 25.1 Å². The number of fused-ring (bicyclic) bond motifs is 1. The third-order valence-electron chi connectivity index (χ3n) is 3.12. The average Bonchev–Trinajstić information content (AvgIpc) is 2.81. The van der Waals surface area contributed by atoms with Crippen LogP contribution in [0.15, 0.2) is 24.3 Å². The number of amides is 1. The van der Waals surface area contributed by atoms with Crippen molar-refractivity contribution in [2.45, 2.75) is 12.5 Å². The highest BCUT2D eigenvalue weighted by molar-refractivity contribution is 6.31. The number of carboxylic acids is 1. The minimum absolute atomic E-state index is 0.139. The lowest BCUT2D eigenvalue weighted by atomic mass is 10.0. The molecule has 2 rings (SSSR count). The van der Waals surface area contributed by atoms with Gasteiger partial charge in [0.15, 0.2) is 5.54 Å². The number of halogens is 1. The Bertz CT molecular complexity index is 697. The van der Waals surface area contributed by atoms with Gasteiger partial charge in [-0.2, -0.15) is 0 Å². The molecule has 0 radical (unpaired) electrons. The van der Waals surface area contributed by atoms with Gasteiger partial charge in [-0.3, -0.25) is 4.79 Å². The van der Waals surface area contributed by atoms with E-state index in [0.717, 1.165) is 5.39 Å². The molecule has 1 aromatic heterocycles. The Balaban J connectivity index is 2.27. The first kappa shape index (κ1) is 15.3. The monoisotopic (exact) mass is 310 g/mol. The molecule has 0 spiro atoms. The first-order valence-corrected chi connectivity index (χ1v) is 6.56. The lowest BCUT2D eigenvalue weighted by Crippen LogP contribution is -2.55. The summed E-state index contributed by atoms with van der Waals surface area (Å²) in [6.45, 7) is 1.25. The molecule has 0 saturated heterocycles. The molecule has 0 bridgehead atoms. The first-order valence-electron chi connectivity index (χ1n) is 6.19. The van der Waals surface area contributed by atoms with Crippen molar-refractivity contribution in [1.29, 1.82) is 0 Å². The number of hydrogen-bond donors (Lipinski definition) is 3. The zero-order chi connectivity index (χ0) is 15.6. The Morgan fingerprint density at radius 1 is 1.43 bits per heavy atom. The molecule has 0 aliphatic rings. The number of rotatable bonds is 5. The van der Waals surface area contributed by atoms with Gasteiger partial charge in [0, 0.05) is 23.0 Å². The fourth-order valence-corrected chi connectivity index (χ4v) is 2.15. The number of methoxy groups -OCH3 is 1. The third-order valence-corrected chi connectivity index (χ3v) is 3.36. The molecule has 0 fully saturated rings. The highest BCUT2D eigenvalue weighted by atomic mass is 35.5. The summed E-state index contributed by atoms with van der Waals surface area (Å²) in [5.41, 5.74) is -0.534. The second-order valence-electron chi connectivity index (χ2n) is 4.94. The predicted octanol–water partition coefficient (Wildman–Crippen LogP) is 2.04. The van der Waals surface area contributed by atoms with Gasteiger partial charge in [0.2, 0.25) is 0 Å². The van der Waals surface area contributed by atoms with Gasteiger partial charge in [0.05, 0.1) is 6.61 Å². The molecule has 0 aliphatic heterocycles. The maximum Gasteiger partial charge on any atom is 0.331 e. The number of ether oxygens (including phenoxy) is 1. The summed E-state index contributed by atoms with van der Waals surface area (Å²) in [6, 6.07) is 6.82. The molecule has 1 amide bonds. The molecule has 2 aromatic rings. The molecular weight excluding hydrogens is 296 g/mol. The molecule has 7 heteroatoms. The number of hydrogen-bond acceptors (Lipinski definition) is 3. The number of aromatic nitrogens is 1. The smallest absolute Gasteiger partial charge is 0.331 e. The quantitative estimate of drug-likeness (QED) is 0.788. The molecule has 6 nitrogen and oxygen atoms in total. The van der Waals surface area contributed by atoms with Crippen LogP contribution in [0.3, 0.4) is 0 Å². The van der Waals surface area contributed by atoms with Crippen LogP contribution in [-0.2, 0) is 9.53 Å². The molecule has 0 saturated carbocycles. The topological polar surface area (TPSA) is 91.4 Å². The van der Waals surface area contributed by atoms with Gasteiger partial charge in [-0.25, -0.2) is 4.79 Å². The number of benzene rings is 1. The van der Waals surface area contributed by atoms with E-state index in [1.165, 1.54) is 14.0 Å². The van der Waals surface area contributed by atoms with Crippen molar-refractivity contribution < 1.29 is 19.4 Å². The normalized spacial score (nSPS) is 13.9. The van der Waals surface area contributed by atoms with Gasteiger partial charge >= 0.3 is 5.97 Å². The summed E-state index contributed by atoms with van der Waals surface area (Å²) in [6.07, 6.45) is 0. The summed E-state index contributed by atoms with van der Waals surface area (Å²) in [5, 5.41) is 13.0. The zero-order valence-electron chi connectivity index (χ0n) is 11.6. The Labute approximate surface area is 126 Å². The van der Waals surface area contributed by atoms with Crippen molar-refractivity contribution in [3.63, 3.8) is 0 Å². The van der Waals surface area contributed by atoms with E-state index in [2.05, 4.69) is 10.3 Å². The summed E-state index contributed by atoms with van der Waals surface area (Å²) in [7, 11) is 1.37. The summed E-state index contributed by atoms with van der Waals surface area (Å²) in [5.74, 6) is -1.69. The van der Waals surface area contributed by atoms with Crippen LogP contribution in [0.4, 0.5) is 0 Å². The van der Waals surface area contributed by atoms with Crippen molar-refractivity contribution in [3.05, 3.63) is 35.0 Å². The van der Waals surface area contributed by atoms with Crippen LogP contribution in [0.2, 0.25) is 5.02 Å². The van der Waals surface area contributed by atoms with Crippen LogP contribution in [-0.4, -0.2) is 41.2 Å². The van der Waals surface area contributed by atoms with Gasteiger partial charge in [-0.1, -0.05) is 17.7 Å². The highest BCUT2D eigenvalue weighted by Gasteiger charge is 2.35. The number of H-pyrrole nitrogens is 1. The van der Waals surface area contributed by atoms with E-state index < -0.39 is 17.4 Å². The maximum absolute atomic E-state index is 12.2. The SMILES string of the molecule is COCC(C)(NC(=O)c1cc2ccc(Cl)cc2[nH]1)C(=O)O. The van der Waals surface area contributed by atoms with Crippen molar-refractivity contribution >= 4 is 34.4 Å². The predicted molar refractivity (Wildman–Crippen MR) is 78.7 cm³/mol. The van der Waals surface area contributed by atoms with Crippen LogP contribution in [0.1, 0.15) is 17.4 Å². The molecular formula is C14H15ClN2O4. The Morgan fingerprint density at radius 2 is 2.14 bits per heavy atom. The second kappa shape index (κ2) is 5.75. The van der Waals surface area contributed by atoms with E-state index in [-0.39, 0.29) is 12.3 Å². The number of nitrogens with one attached hydrogen (secondary N) is 2. The Morgan fingerprint density at radius 3 is 2.76 bits per heavy atom. The minimum atomic E-state index is -1.50. The van der Waals surface area contributed by atoms with E-state index in [1.54, 1.807) is 24.3 Å². The number of aliphatic carboxylic acids is 1. The van der Waals surface area contributed by atoms with E-state index >= 15 is 0 Å². The maximum atomic E-state index is 12.2. The molecule has 1 heterocycles. The van der Waals surface area contributed by atoms with Gasteiger partial charge in [-0.15, -0.1) is 0 Å². The number of carbonyl (C=O) groups excluding carboxylic acids is 1.